The maximum atomic E-state index is 14.7. The molecule has 0 radical (unpaired) electrons. The number of rotatable bonds is 13. The van der Waals surface area contributed by atoms with Crippen LogP contribution in [-0.4, -0.2) is 51.3 Å². The van der Waals surface area contributed by atoms with Crippen molar-refractivity contribution in [1.29, 1.82) is 0 Å². The quantitative estimate of drug-likeness (QED) is 0.0826. The van der Waals surface area contributed by atoms with E-state index in [0.29, 0.717) is 35.2 Å². The molecule has 6 nitrogen and oxygen atoms in total. The van der Waals surface area contributed by atoms with Crippen molar-refractivity contribution in [2.45, 2.75) is 70.2 Å². The second kappa shape index (κ2) is 15.5. The van der Waals surface area contributed by atoms with E-state index in [1.54, 1.807) is 13.8 Å². The van der Waals surface area contributed by atoms with Crippen molar-refractivity contribution in [3.63, 3.8) is 0 Å². The van der Waals surface area contributed by atoms with Gasteiger partial charge in [-0.3, -0.25) is 9.59 Å². The topological polar surface area (TPSA) is 58.4 Å². The molecule has 0 atom stereocenters. The molecule has 0 aliphatic heterocycles. The summed E-state index contributed by atoms with van der Waals surface area (Å²) in [7, 11) is 0. The maximum absolute atomic E-state index is 14.7. The second-order valence-corrected chi connectivity index (χ2v) is 11.9. The lowest BCUT2D eigenvalue weighted by molar-refractivity contribution is -0.137. The number of fused-ring (bicyclic) bond motifs is 1. The predicted octanol–water partition coefficient (Wildman–Crippen LogP) is 7.53. The number of likely N-dealkylation sites (N-methyl/N-ethyl adjacent to an activating group) is 1. The van der Waals surface area contributed by atoms with E-state index in [-0.39, 0.29) is 58.0 Å². The van der Waals surface area contributed by atoms with Gasteiger partial charge in [0.1, 0.15) is 12.4 Å². The lowest BCUT2D eigenvalue weighted by Crippen LogP contribution is -2.40. The lowest BCUT2D eigenvalue weighted by Gasteiger charge is -2.28. The Bertz CT molecular complexity index is 2190. The SMILES string of the molecule is [2H]c1c([2H])c(-c2ccc(C(F)(F)F)cc2)c(C)c([2H])c1CN(C(=O)Cn1c(SC([2H])([2H])c2ccc(F)cc2)nc(=O)c2c1CCC2)C([2H])([2H])C([2H])([2H])N(CC)CC. The third-order valence-corrected chi connectivity index (χ3v) is 8.71. The minimum atomic E-state index is -4.63. The van der Waals surface area contributed by atoms with E-state index in [4.69, 9.17) is 9.60 Å². The van der Waals surface area contributed by atoms with Crippen LogP contribution in [0, 0.1) is 12.7 Å². The van der Waals surface area contributed by atoms with Gasteiger partial charge in [-0.1, -0.05) is 68.0 Å². The zero-order valence-electron chi connectivity index (χ0n) is 35.6. The molecule has 0 unspecified atom stereocenters. The number of thioether (sulfide) groups is 1. The molecule has 1 aromatic heterocycles. The number of amides is 1. The Hall–Kier alpha value is -3.96. The molecule has 0 saturated heterocycles. The van der Waals surface area contributed by atoms with Crippen molar-refractivity contribution in [1.82, 2.24) is 19.4 Å². The zero-order valence-corrected chi connectivity index (χ0v) is 27.4. The summed E-state index contributed by atoms with van der Waals surface area (Å²) < 4.78 is 135. The van der Waals surface area contributed by atoms with Gasteiger partial charge in [0.25, 0.3) is 5.56 Å². The first kappa shape index (κ1) is 25.1. The van der Waals surface area contributed by atoms with Gasteiger partial charge in [-0.25, -0.2) is 4.39 Å². The molecule has 1 aliphatic rings. The fraction of sp³-hybridized carbons (Fsp3) is 0.378. The summed E-state index contributed by atoms with van der Waals surface area (Å²) in [5.41, 5.74) is -3.42. The van der Waals surface area contributed by atoms with Crippen molar-refractivity contribution < 1.29 is 34.7 Å². The summed E-state index contributed by atoms with van der Waals surface area (Å²) in [6.07, 6.45) is -3.55. The average molecular weight is 690 g/mol. The number of carbonyl (C=O) groups excluding carboxylic acids is 1. The Morgan fingerprint density at radius 3 is 2.40 bits per heavy atom. The number of alkyl halides is 3. The number of hydrogen-bond acceptors (Lipinski definition) is 5. The molecule has 254 valence electrons. The Kier molecular flexibility index (Phi) is 8.10. The van der Waals surface area contributed by atoms with Gasteiger partial charge < -0.3 is 14.4 Å². The minimum Gasteiger partial charge on any atom is -0.336 e. The van der Waals surface area contributed by atoms with Crippen LogP contribution in [0.5, 0.6) is 0 Å². The van der Waals surface area contributed by atoms with Crippen LogP contribution in [0.1, 0.15) is 66.1 Å². The standard InChI is InChI=1S/C37H40F4N4O2S/c1-4-43(5-2)19-20-44(22-27-11-18-31(25(3)21-27)28-12-14-29(15-13-28)37(39,40)41)34(46)23-45-33-8-6-7-32(33)35(47)42-36(45)48-24-26-9-16-30(38)17-10-26/h9-18,21H,4-8,19-20,22-24H2,1-3H3/i11D,18D,19D2,20D2,21D,24D2. The fourth-order valence-corrected chi connectivity index (χ4v) is 6.04. The molecule has 1 heterocycles. The van der Waals surface area contributed by atoms with Crippen LogP contribution in [0.4, 0.5) is 17.6 Å². The van der Waals surface area contributed by atoms with Gasteiger partial charge in [-0.15, -0.1) is 0 Å². The molecule has 11 heteroatoms. The van der Waals surface area contributed by atoms with E-state index in [9.17, 15) is 29.9 Å². The van der Waals surface area contributed by atoms with E-state index in [1.807, 2.05) is 0 Å². The Labute approximate surface area is 295 Å². The first-order valence-corrected chi connectivity index (χ1v) is 16.2. The molecule has 5 rings (SSSR count). The number of benzene rings is 3. The Morgan fingerprint density at radius 2 is 1.73 bits per heavy atom. The molecular formula is C37H40F4N4O2S. The average Bonchev–Trinajstić information content (AvgIpc) is 3.64. The van der Waals surface area contributed by atoms with Crippen LogP contribution >= 0.6 is 11.8 Å². The Balaban J connectivity index is 1.64. The minimum absolute atomic E-state index is 0.0196. The summed E-state index contributed by atoms with van der Waals surface area (Å²) in [5, 5.41) is -0.247. The molecule has 1 amide bonds. The molecule has 0 fully saturated rings. The monoisotopic (exact) mass is 689 g/mol. The predicted molar refractivity (Wildman–Crippen MR) is 181 cm³/mol. The summed E-state index contributed by atoms with van der Waals surface area (Å²) in [4.78, 5) is 33.6. The number of nitrogens with zero attached hydrogens (tertiary/aromatic N) is 4. The van der Waals surface area contributed by atoms with Gasteiger partial charge in [0.2, 0.25) is 5.91 Å². The van der Waals surface area contributed by atoms with E-state index < -0.39 is 78.9 Å². The zero-order chi connectivity index (χ0) is 42.4. The van der Waals surface area contributed by atoms with Gasteiger partial charge >= 0.3 is 6.18 Å². The number of aromatic nitrogens is 2. The first-order valence-electron chi connectivity index (χ1n) is 19.9. The van der Waals surface area contributed by atoms with Gasteiger partial charge in [0.15, 0.2) is 5.16 Å². The molecule has 1 aliphatic carbocycles. The maximum Gasteiger partial charge on any atom is 0.416 e. The van der Waals surface area contributed by atoms with Crippen LogP contribution in [-0.2, 0) is 42.6 Å². The van der Waals surface area contributed by atoms with Crippen LogP contribution in [0.2, 0.25) is 0 Å². The van der Waals surface area contributed by atoms with Crippen LogP contribution in [0.3, 0.4) is 0 Å². The number of carbonyl (C=O) groups is 1. The van der Waals surface area contributed by atoms with E-state index >= 15 is 0 Å². The summed E-state index contributed by atoms with van der Waals surface area (Å²) in [6, 6.07) is 6.83. The van der Waals surface area contributed by atoms with Crippen molar-refractivity contribution in [2.24, 2.45) is 0 Å². The van der Waals surface area contributed by atoms with Gasteiger partial charge in [0.05, 0.1) is 12.4 Å². The molecule has 0 N–H and O–H groups in total. The molecule has 0 spiro atoms. The molecule has 3 aromatic carbocycles. The first-order chi connectivity index (χ1) is 26.5. The van der Waals surface area contributed by atoms with E-state index in [2.05, 4.69) is 4.98 Å². The normalized spacial score (nSPS) is 16.5. The van der Waals surface area contributed by atoms with E-state index in [0.717, 1.165) is 41.3 Å². The molecule has 0 bridgehead atoms. The fourth-order valence-electron chi connectivity index (χ4n) is 5.28. The third-order valence-electron chi connectivity index (χ3n) is 7.88. The lowest BCUT2D eigenvalue weighted by atomic mass is 9.97. The summed E-state index contributed by atoms with van der Waals surface area (Å²) in [5.74, 6) is -1.69. The van der Waals surface area contributed by atoms with Crippen molar-refractivity contribution in [3.05, 3.63) is 116 Å². The smallest absolute Gasteiger partial charge is 0.336 e. The highest BCUT2D eigenvalue weighted by Gasteiger charge is 2.30. The summed E-state index contributed by atoms with van der Waals surface area (Å²) in [6.45, 7) is -3.10. The van der Waals surface area contributed by atoms with Crippen molar-refractivity contribution in [3.8, 4) is 11.1 Å². The molecule has 48 heavy (non-hydrogen) atoms. The van der Waals surface area contributed by atoms with Crippen molar-refractivity contribution in [2.75, 3.05) is 26.1 Å². The highest BCUT2D eigenvalue weighted by Crippen LogP contribution is 2.32. The van der Waals surface area contributed by atoms with E-state index in [1.165, 1.54) is 23.6 Å². The molecular weight excluding hydrogens is 640 g/mol. The Morgan fingerprint density at radius 1 is 1.02 bits per heavy atom. The van der Waals surface area contributed by atoms with Gasteiger partial charge in [-0.2, -0.15) is 18.2 Å². The number of halogens is 4. The highest BCUT2D eigenvalue weighted by atomic mass is 32.2. The van der Waals surface area contributed by atoms with Gasteiger partial charge in [0, 0.05) is 42.0 Å². The second-order valence-electron chi connectivity index (χ2n) is 11.1. The summed E-state index contributed by atoms with van der Waals surface area (Å²) >= 11 is 0.474. The third kappa shape index (κ3) is 8.54. The highest BCUT2D eigenvalue weighted by molar-refractivity contribution is 7.98. The molecule has 4 aromatic rings. The van der Waals surface area contributed by atoms with Crippen LogP contribution < -0.4 is 5.56 Å². The van der Waals surface area contributed by atoms with Crippen LogP contribution in [0.25, 0.3) is 11.1 Å². The van der Waals surface area contributed by atoms with Gasteiger partial charge in [-0.05, 0) is 91.4 Å². The largest absolute Gasteiger partial charge is 0.416 e. The van der Waals surface area contributed by atoms with Crippen LogP contribution in [0.15, 0.2) is 76.6 Å². The van der Waals surface area contributed by atoms with Crippen molar-refractivity contribution >= 4 is 17.7 Å². The molecule has 0 saturated carbocycles. The number of hydrogen-bond donors (Lipinski definition) is 0.